The van der Waals surface area contributed by atoms with Crippen LogP contribution in [-0.2, 0) is 0 Å². The molecular formula is C10H8IN. The van der Waals surface area contributed by atoms with Gasteiger partial charge in [-0.25, -0.2) is 4.98 Å². The molecule has 1 heterocycles. The van der Waals surface area contributed by atoms with Crippen LogP contribution < -0.4 is 0 Å². The topological polar surface area (TPSA) is 12.9 Å². The summed E-state index contributed by atoms with van der Waals surface area (Å²) >= 11 is 2.24. The van der Waals surface area contributed by atoms with E-state index in [0.29, 0.717) is 0 Å². The summed E-state index contributed by atoms with van der Waals surface area (Å²) in [5.41, 5.74) is 2.38. The molecule has 2 rings (SSSR count). The lowest BCUT2D eigenvalue weighted by molar-refractivity contribution is 1.31. The van der Waals surface area contributed by atoms with Crippen molar-refractivity contribution < 1.29 is 0 Å². The van der Waals surface area contributed by atoms with Crippen LogP contribution in [0.5, 0.6) is 0 Å². The number of halogens is 1. The number of benzene rings is 1. The Balaban J connectivity index is 2.89. The first-order valence-corrected chi connectivity index (χ1v) is 4.87. The van der Waals surface area contributed by atoms with Gasteiger partial charge in [0.1, 0.15) is 3.70 Å². The van der Waals surface area contributed by atoms with Crippen LogP contribution >= 0.6 is 22.6 Å². The summed E-state index contributed by atoms with van der Waals surface area (Å²) in [7, 11) is 0. The fourth-order valence-electron chi connectivity index (χ4n) is 1.31. The molecule has 1 aromatic heterocycles. The fraction of sp³-hybridized carbons (Fsp3) is 0.100. The number of fused-ring (bicyclic) bond motifs is 1. The Morgan fingerprint density at radius 3 is 2.83 bits per heavy atom. The van der Waals surface area contributed by atoms with E-state index in [2.05, 4.69) is 46.6 Å². The third-order valence-electron chi connectivity index (χ3n) is 1.89. The average molecular weight is 269 g/mol. The van der Waals surface area contributed by atoms with Crippen LogP contribution in [0.25, 0.3) is 10.9 Å². The standard InChI is InChI=1S/C10H8IN/c1-7-6-10(11)12-9-5-3-2-4-8(7)9/h2-6H,1H3. The van der Waals surface area contributed by atoms with Crippen molar-refractivity contribution in [3.8, 4) is 0 Å². The summed E-state index contributed by atoms with van der Waals surface area (Å²) in [4.78, 5) is 4.42. The number of para-hydroxylation sites is 1. The molecule has 12 heavy (non-hydrogen) atoms. The summed E-state index contributed by atoms with van der Waals surface area (Å²) in [5, 5.41) is 1.25. The van der Waals surface area contributed by atoms with Gasteiger partial charge in [-0.1, -0.05) is 18.2 Å². The largest absolute Gasteiger partial charge is 0.242 e. The molecule has 0 aliphatic rings. The lowest BCUT2D eigenvalue weighted by atomic mass is 10.1. The molecule has 0 amide bonds. The first kappa shape index (κ1) is 7.98. The molecule has 0 spiro atoms. The average Bonchev–Trinajstić information content (AvgIpc) is 2.04. The number of rotatable bonds is 0. The molecule has 0 saturated heterocycles. The van der Waals surface area contributed by atoms with Gasteiger partial charge in [0.25, 0.3) is 0 Å². The molecule has 0 aliphatic heterocycles. The molecule has 0 aliphatic carbocycles. The van der Waals surface area contributed by atoms with Gasteiger partial charge < -0.3 is 0 Å². The van der Waals surface area contributed by atoms with Crippen molar-refractivity contribution >= 4 is 33.5 Å². The summed E-state index contributed by atoms with van der Waals surface area (Å²) < 4.78 is 1.06. The Morgan fingerprint density at radius 1 is 1.25 bits per heavy atom. The van der Waals surface area contributed by atoms with Crippen LogP contribution in [0.4, 0.5) is 0 Å². The van der Waals surface area contributed by atoms with Gasteiger partial charge in [0.05, 0.1) is 5.52 Å². The van der Waals surface area contributed by atoms with Crippen LogP contribution in [0.15, 0.2) is 30.3 Å². The van der Waals surface area contributed by atoms with Crippen molar-refractivity contribution in [3.05, 3.63) is 39.6 Å². The van der Waals surface area contributed by atoms with Crippen molar-refractivity contribution in [2.75, 3.05) is 0 Å². The second-order valence-corrected chi connectivity index (χ2v) is 3.88. The van der Waals surface area contributed by atoms with Gasteiger partial charge in [0.15, 0.2) is 0 Å². The first-order valence-electron chi connectivity index (χ1n) is 3.79. The highest BCUT2D eigenvalue weighted by Crippen LogP contribution is 2.17. The highest BCUT2D eigenvalue weighted by atomic mass is 127. The molecule has 0 N–H and O–H groups in total. The Hall–Kier alpha value is -0.640. The monoisotopic (exact) mass is 269 g/mol. The maximum atomic E-state index is 4.42. The molecule has 2 heteroatoms. The highest BCUT2D eigenvalue weighted by Gasteiger charge is 1.98. The number of aryl methyl sites for hydroxylation is 1. The Labute approximate surface area is 85.0 Å². The van der Waals surface area contributed by atoms with Crippen molar-refractivity contribution in [1.29, 1.82) is 0 Å². The zero-order valence-corrected chi connectivity index (χ0v) is 8.87. The molecule has 1 nitrogen and oxygen atoms in total. The lowest BCUT2D eigenvalue weighted by Gasteiger charge is -2.00. The Morgan fingerprint density at radius 2 is 2.00 bits per heavy atom. The second kappa shape index (κ2) is 3.01. The summed E-state index contributed by atoms with van der Waals surface area (Å²) in [5.74, 6) is 0. The third kappa shape index (κ3) is 1.31. The predicted octanol–water partition coefficient (Wildman–Crippen LogP) is 3.15. The second-order valence-electron chi connectivity index (χ2n) is 2.78. The van der Waals surface area contributed by atoms with Crippen molar-refractivity contribution in [2.24, 2.45) is 0 Å². The maximum Gasteiger partial charge on any atom is 0.102 e. The minimum Gasteiger partial charge on any atom is -0.242 e. The quantitative estimate of drug-likeness (QED) is 0.529. The number of pyridine rings is 1. The van der Waals surface area contributed by atoms with E-state index in [1.54, 1.807) is 0 Å². The number of nitrogens with zero attached hydrogens (tertiary/aromatic N) is 1. The van der Waals surface area contributed by atoms with E-state index in [9.17, 15) is 0 Å². The minimum atomic E-state index is 1.06. The van der Waals surface area contributed by atoms with E-state index >= 15 is 0 Å². The molecule has 0 radical (unpaired) electrons. The molecule has 0 unspecified atom stereocenters. The molecule has 0 fully saturated rings. The van der Waals surface area contributed by atoms with E-state index < -0.39 is 0 Å². The van der Waals surface area contributed by atoms with E-state index in [1.165, 1.54) is 10.9 Å². The third-order valence-corrected chi connectivity index (χ3v) is 2.44. The van der Waals surface area contributed by atoms with Crippen LogP contribution in [-0.4, -0.2) is 4.98 Å². The predicted molar refractivity (Wildman–Crippen MR) is 59.2 cm³/mol. The van der Waals surface area contributed by atoms with Gasteiger partial charge in [0.2, 0.25) is 0 Å². The normalized spacial score (nSPS) is 10.5. The van der Waals surface area contributed by atoms with Crippen LogP contribution in [0.2, 0.25) is 0 Å². The van der Waals surface area contributed by atoms with Crippen molar-refractivity contribution in [3.63, 3.8) is 0 Å². The number of hydrogen-bond donors (Lipinski definition) is 0. The summed E-state index contributed by atoms with van der Waals surface area (Å²) in [6, 6.07) is 10.3. The zero-order valence-electron chi connectivity index (χ0n) is 6.71. The van der Waals surface area contributed by atoms with E-state index in [1.807, 2.05) is 18.2 Å². The summed E-state index contributed by atoms with van der Waals surface area (Å²) in [6.45, 7) is 2.12. The van der Waals surface area contributed by atoms with Gasteiger partial charge >= 0.3 is 0 Å². The number of aromatic nitrogens is 1. The van der Waals surface area contributed by atoms with E-state index in [4.69, 9.17) is 0 Å². The van der Waals surface area contributed by atoms with Gasteiger partial charge in [-0.2, -0.15) is 0 Å². The molecule has 0 saturated carbocycles. The van der Waals surface area contributed by atoms with Crippen molar-refractivity contribution in [1.82, 2.24) is 4.98 Å². The molecule has 2 aromatic rings. The van der Waals surface area contributed by atoms with E-state index in [0.717, 1.165) is 9.22 Å². The maximum absolute atomic E-state index is 4.42. The van der Waals surface area contributed by atoms with Crippen LogP contribution in [0.3, 0.4) is 0 Å². The number of hydrogen-bond acceptors (Lipinski definition) is 1. The Kier molecular flexibility index (Phi) is 2.00. The van der Waals surface area contributed by atoms with Gasteiger partial charge in [-0.15, -0.1) is 0 Å². The Bertz CT molecular complexity index is 423. The van der Waals surface area contributed by atoms with Crippen LogP contribution in [0.1, 0.15) is 5.56 Å². The lowest BCUT2D eigenvalue weighted by Crippen LogP contribution is -1.85. The van der Waals surface area contributed by atoms with Crippen LogP contribution in [0, 0.1) is 10.6 Å². The summed E-state index contributed by atoms with van der Waals surface area (Å²) in [6.07, 6.45) is 0. The van der Waals surface area contributed by atoms with Gasteiger partial charge in [-0.3, -0.25) is 0 Å². The fourth-order valence-corrected chi connectivity index (χ4v) is 2.04. The van der Waals surface area contributed by atoms with Crippen molar-refractivity contribution in [2.45, 2.75) is 6.92 Å². The molecule has 0 atom stereocenters. The molecule has 1 aromatic carbocycles. The minimum absolute atomic E-state index is 1.06. The molecule has 60 valence electrons. The smallest absolute Gasteiger partial charge is 0.102 e. The first-order chi connectivity index (χ1) is 5.77. The highest BCUT2D eigenvalue weighted by molar-refractivity contribution is 14.1. The van der Waals surface area contributed by atoms with Gasteiger partial charge in [0, 0.05) is 5.39 Å². The molecule has 0 bridgehead atoms. The van der Waals surface area contributed by atoms with E-state index in [-0.39, 0.29) is 0 Å². The zero-order chi connectivity index (χ0) is 8.55. The van der Waals surface area contributed by atoms with Gasteiger partial charge in [-0.05, 0) is 47.2 Å². The SMILES string of the molecule is Cc1cc(I)nc2ccccc12. The molecular weight excluding hydrogens is 261 g/mol.